The molecule has 0 aliphatic heterocycles. The third-order valence-corrected chi connectivity index (χ3v) is 5.18. The normalized spacial score (nSPS) is 13.0. The van der Waals surface area contributed by atoms with E-state index in [1.54, 1.807) is 6.07 Å². The molecular formula is C23H33N5O4. The molecule has 2 atom stereocenters. The second-order valence-electron chi connectivity index (χ2n) is 8.46. The molecule has 1 aromatic heterocycles. The molecule has 0 bridgehead atoms. The zero-order valence-electron chi connectivity index (χ0n) is 18.6. The summed E-state index contributed by atoms with van der Waals surface area (Å²) in [5.74, 6) is -1.73. The minimum atomic E-state index is -0.851. The van der Waals surface area contributed by atoms with Gasteiger partial charge in [-0.15, -0.1) is 0 Å². The maximum absolute atomic E-state index is 12.9. The predicted octanol–water partition coefficient (Wildman–Crippen LogP) is 1.72. The fourth-order valence-corrected chi connectivity index (χ4v) is 3.52. The van der Waals surface area contributed by atoms with Crippen molar-refractivity contribution < 1.29 is 19.2 Å². The monoisotopic (exact) mass is 443 g/mol. The number of primary amides is 2. The van der Waals surface area contributed by atoms with E-state index in [1.807, 2.05) is 38.1 Å². The van der Waals surface area contributed by atoms with Gasteiger partial charge in [-0.05, 0) is 37.3 Å². The number of rotatable bonds is 13. The van der Waals surface area contributed by atoms with Gasteiger partial charge >= 0.3 is 0 Å². The van der Waals surface area contributed by atoms with Crippen LogP contribution in [-0.2, 0) is 14.4 Å². The Kier molecular flexibility index (Phi) is 9.24. The van der Waals surface area contributed by atoms with Gasteiger partial charge in [-0.2, -0.15) is 0 Å². The minimum Gasteiger partial charge on any atom is -0.370 e. The van der Waals surface area contributed by atoms with Gasteiger partial charge < -0.3 is 27.1 Å². The number of nitrogens with two attached hydrogens (primary N) is 2. The lowest BCUT2D eigenvalue weighted by Crippen LogP contribution is -2.53. The highest BCUT2D eigenvalue weighted by Crippen LogP contribution is 2.15. The maximum Gasteiger partial charge on any atom is 0.268 e. The highest BCUT2D eigenvalue weighted by atomic mass is 16.2. The van der Waals surface area contributed by atoms with Crippen molar-refractivity contribution in [3.63, 3.8) is 0 Å². The number of H-pyrrole nitrogens is 1. The molecule has 7 N–H and O–H groups in total. The number of amides is 4. The van der Waals surface area contributed by atoms with E-state index in [0.717, 1.165) is 10.9 Å². The molecule has 32 heavy (non-hydrogen) atoms. The molecule has 9 nitrogen and oxygen atoms in total. The summed E-state index contributed by atoms with van der Waals surface area (Å²) in [5.41, 5.74) is 11.8. The lowest BCUT2D eigenvalue weighted by atomic mass is 10.0. The van der Waals surface area contributed by atoms with E-state index in [-0.39, 0.29) is 18.2 Å². The quantitative estimate of drug-likeness (QED) is 0.298. The van der Waals surface area contributed by atoms with Gasteiger partial charge in [0.1, 0.15) is 17.8 Å². The number of carbonyl (C=O) groups excluding carboxylic acids is 4. The van der Waals surface area contributed by atoms with E-state index in [1.165, 1.54) is 0 Å². The van der Waals surface area contributed by atoms with E-state index >= 15 is 0 Å². The first-order chi connectivity index (χ1) is 15.2. The van der Waals surface area contributed by atoms with Crippen LogP contribution in [-0.4, -0.2) is 40.7 Å². The van der Waals surface area contributed by atoms with Gasteiger partial charge in [-0.3, -0.25) is 19.2 Å². The number of aromatic nitrogens is 1. The maximum atomic E-state index is 12.9. The highest BCUT2D eigenvalue weighted by Gasteiger charge is 2.27. The second-order valence-corrected chi connectivity index (χ2v) is 8.46. The Morgan fingerprint density at radius 2 is 1.69 bits per heavy atom. The Morgan fingerprint density at radius 3 is 2.31 bits per heavy atom. The summed E-state index contributed by atoms with van der Waals surface area (Å²) in [6.45, 7) is 3.89. The van der Waals surface area contributed by atoms with E-state index in [4.69, 9.17) is 11.5 Å². The van der Waals surface area contributed by atoms with Crippen LogP contribution in [0.25, 0.3) is 10.9 Å². The van der Waals surface area contributed by atoms with Crippen LogP contribution in [0.3, 0.4) is 0 Å². The van der Waals surface area contributed by atoms with Crippen molar-refractivity contribution in [3.05, 3.63) is 36.0 Å². The molecule has 0 spiro atoms. The number of para-hydroxylation sites is 1. The fourth-order valence-electron chi connectivity index (χ4n) is 3.52. The SMILES string of the molecule is CC(C)C[C@H](NC(=O)c1cc2ccccc2[nH]1)C(=O)NC(CCCCCC(N)=O)C(N)=O. The number of fused-ring (bicyclic) bond motifs is 1. The largest absolute Gasteiger partial charge is 0.370 e. The number of aromatic amines is 1. The Bertz CT molecular complexity index is 920. The molecule has 4 amide bonds. The lowest BCUT2D eigenvalue weighted by molar-refractivity contribution is -0.128. The van der Waals surface area contributed by atoms with E-state index in [2.05, 4.69) is 15.6 Å². The molecular weight excluding hydrogens is 410 g/mol. The first-order valence-corrected chi connectivity index (χ1v) is 10.9. The van der Waals surface area contributed by atoms with Crippen LogP contribution in [0.5, 0.6) is 0 Å². The summed E-state index contributed by atoms with van der Waals surface area (Å²) >= 11 is 0. The zero-order valence-corrected chi connectivity index (χ0v) is 18.6. The molecule has 0 fully saturated rings. The number of unbranched alkanes of at least 4 members (excludes halogenated alkanes) is 2. The summed E-state index contributed by atoms with van der Waals surface area (Å²) in [5, 5.41) is 6.34. The van der Waals surface area contributed by atoms with Crippen molar-refractivity contribution in [2.45, 2.75) is 64.5 Å². The predicted molar refractivity (Wildman–Crippen MR) is 122 cm³/mol. The molecule has 1 aromatic carbocycles. The Hall–Kier alpha value is -3.36. The van der Waals surface area contributed by atoms with Crippen LogP contribution >= 0.6 is 0 Å². The second kappa shape index (κ2) is 11.9. The minimum absolute atomic E-state index is 0.134. The van der Waals surface area contributed by atoms with Crippen LogP contribution in [0.1, 0.15) is 62.9 Å². The van der Waals surface area contributed by atoms with Crippen molar-refractivity contribution in [2.24, 2.45) is 17.4 Å². The van der Waals surface area contributed by atoms with Crippen molar-refractivity contribution in [1.82, 2.24) is 15.6 Å². The number of nitrogens with one attached hydrogen (secondary N) is 3. The van der Waals surface area contributed by atoms with Crippen molar-refractivity contribution in [2.75, 3.05) is 0 Å². The van der Waals surface area contributed by atoms with Gasteiger partial charge in [-0.1, -0.05) is 44.9 Å². The van der Waals surface area contributed by atoms with Crippen LogP contribution in [0.15, 0.2) is 30.3 Å². The number of hydrogen-bond donors (Lipinski definition) is 5. The van der Waals surface area contributed by atoms with Crippen LogP contribution < -0.4 is 22.1 Å². The van der Waals surface area contributed by atoms with Crippen molar-refractivity contribution >= 4 is 34.5 Å². The molecule has 0 aliphatic carbocycles. The third kappa shape index (κ3) is 7.72. The molecule has 0 saturated heterocycles. The molecule has 0 aliphatic rings. The van der Waals surface area contributed by atoms with Gasteiger partial charge in [0.2, 0.25) is 17.7 Å². The van der Waals surface area contributed by atoms with Crippen LogP contribution in [0.4, 0.5) is 0 Å². The smallest absolute Gasteiger partial charge is 0.268 e. The molecule has 174 valence electrons. The Balaban J connectivity index is 2.00. The molecule has 0 saturated carbocycles. The van der Waals surface area contributed by atoms with E-state index in [0.29, 0.717) is 37.8 Å². The molecule has 2 aromatic rings. The fraction of sp³-hybridized carbons (Fsp3) is 0.478. The summed E-state index contributed by atoms with van der Waals surface area (Å²) in [7, 11) is 0. The molecule has 0 radical (unpaired) electrons. The first-order valence-electron chi connectivity index (χ1n) is 10.9. The number of hydrogen-bond acceptors (Lipinski definition) is 4. The summed E-state index contributed by atoms with van der Waals surface area (Å²) in [6, 6.07) is 7.57. The highest BCUT2D eigenvalue weighted by molar-refractivity contribution is 6.00. The summed E-state index contributed by atoms with van der Waals surface area (Å²) in [4.78, 5) is 51.4. The van der Waals surface area contributed by atoms with E-state index in [9.17, 15) is 19.2 Å². The van der Waals surface area contributed by atoms with Crippen LogP contribution in [0, 0.1) is 5.92 Å². The van der Waals surface area contributed by atoms with Crippen molar-refractivity contribution in [3.8, 4) is 0 Å². The number of carbonyl (C=O) groups is 4. The summed E-state index contributed by atoms with van der Waals surface area (Å²) in [6.07, 6.45) is 2.95. The van der Waals surface area contributed by atoms with Gasteiger partial charge in [0.15, 0.2) is 0 Å². The standard InChI is InChI=1S/C23H33N5O4/c1-14(2)12-18(28-23(32)19-13-15-8-6-7-9-16(15)26-19)22(31)27-17(21(25)30)10-4-3-5-11-20(24)29/h6-9,13-14,17-18,26H,3-5,10-12H2,1-2H3,(H2,24,29)(H2,25,30)(H,27,31)(H,28,32)/t17?,18-/m0/s1. The van der Waals surface area contributed by atoms with Crippen LogP contribution in [0.2, 0.25) is 0 Å². The lowest BCUT2D eigenvalue weighted by Gasteiger charge is -2.23. The topological polar surface area (TPSA) is 160 Å². The first kappa shape index (κ1) is 24.9. The Labute approximate surface area is 187 Å². The Morgan fingerprint density at radius 1 is 0.969 bits per heavy atom. The van der Waals surface area contributed by atoms with Gasteiger partial charge in [0.05, 0.1) is 0 Å². The average Bonchev–Trinajstić information content (AvgIpc) is 3.15. The molecule has 1 heterocycles. The van der Waals surface area contributed by atoms with Gasteiger partial charge in [0, 0.05) is 17.3 Å². The molecule has 9 heteroatoms. The number of benzene rings is 1. The van der Waals surface area contributed by atoms with Crippen molar-refractivity contribution in [1.29, 1.82) is 0 Å². The van der Waals surface area contributed by atoms with E-state index < -0.39 is 29.8 Å². The zero-order chi connectivity index (χ0) is 23.7. The molecule has 1 unspecified atom stereocenters. The molecule has 2 rings (SSSR count). The van der Waals surface area contributed by atoms with Gasteiger partial charge in [0.25, 0.3) is 5.91 Å². The van der Waals surface area contributed by atoms with Gasteiger partial charge in [-0.25, -0.2) is 0 Å². The average molecular weight is 444 g/mol. The summed E-state index contributed by atoms with van der Waals surface area (Å²) < 4.78 is 0. The third-order valence-electron chi connectivity index (χ3n) is 5.18.